The summed E-state index contributed by atoms with van der Waals surface area (Å²) in [7, 11) is 3.65. The summed E-state index contributed by atoms with van der Waals surface area (Å²) in [5, 5.41) is 3.17. The Morgan fingerprint density at radius 1 is 1.11 bits per heavy atom. The van der Waals surface area contributed by atoms with Crippen LogP contribution in [0.1, 0.15) is 11.1 Å². The first-order valence-corrected chi connectivity index (χ1v) is 6.13. The number of rotatable bonds is 4. The smallest absolute Gasteiger partial charge is 0.123 e. The van der Waals surface area contributed by atoms with Crippen molar-refractivity contribution >= 4 is 0 Å². The Kier molecular flexibility index (Phi) is 4.00. The van der Waals surface area contributed by atoms with Crippen LogP contribution in [0.2, 0.25) is 0 Å². The molecule has 0 saturated carbocycles. The number of hydrogen-bond acceptors (Lipinski definition) is 2. The second-order valence-electron chi connectivity index (χ2n) is 4.37. The fourth-order valence-electron chi connectivity index (χ4n) is 2.17. The molecule has 18 heavy (non-hydrogen) atoms. The predicted octanol–water partition coefficient (Wildman–Crippen LogP) is 3.39. The minimum absolute atomic E-state index is 0.808. The van der Waals surface area contributed by atoms with Crippen molar-refractivity contribution in [3.8, 4) is 16.9 Å². The summed E-state index contributed by atoms with van der Waals surface area (Å²) >= 11 is 0. The maximum atomic E-state index is 5.38. The Hall–Kier alpha value is -1.80. The third kappa shape index (κ3) is 2.54. The molecule has 2 aromatic rings. The van der Waals surface area contributed by atoms with Crippen LogP contribution in [0.5, 0.6) is 5.75 Å². The third-order valence-electron chi connectivity index (χ3n) is 3.10. The van der Waals surface area contributed by atoms with E-state index in [0.29, 0.717) is 0 Å². The molecule has 0 aliphatic heterocycles. The summed E-state index contributed by atoms with van der Waals surface area (Å²) in [5.41, 5.74) is 4.98. The lowest BCUT2D eigenvalue weighted by atomic mass is 9.98. The van der Waals surface area contributed by atoms with Gasteiger partial charge in [-0.2, -0.15) is 0 Å². The Bertz CT molecular complexity index is 534. The number of ether oxygens (including phenoxy) is 1. The zero-order chi connectivity index (χ0) is 13.0. The Labute approximate surface area is 109 Å². The van der Waals surface area contributed by atoms with Crippen LogP contribution in [0.3, 0.4) is 0 Å². The van der Waals surface area contributed by atoms with E-state index in [1.165, 1.54) is 22.3 Å². The van der Waals surface area contributed by atoms with E-state index in [4.69, 9.17) is 4.74 Å². The van der Waals surface area contributed by atoms with Crippen molar-refractivity contribution in [2.45, 2.75) is 13.5 Å². The van der Waals surface area contributed by atoms with E-state index in [9.17, 15) is 0 Å². The van der Waals surface area contributed by atoms with Crippen LogP contribution in [0.25, 0.3) is 11.1 Å². The standard InChI is InChI=1S/C16H19NO/c1-12-6-4-5-7-15(12)13-8-9-16(18-3)14(10-13)11-17-2/h4-10,17H,11H2,1-3H3. The highest BCUT2D eigenvalue weighted by atomic mass is 16.5. The molecular formula is C16H19NO. The van der Waals surface area contributed by atoms with Crippen molar-refractivity contribution in [1.82, 2.24) is 5.32 Å². The van der Waals surface area contributed by atoms with Crippen molar-refractivity contribution < 1.29 is 4.74 Å². The normalized spacial score (nSPS) is 10.4. The van der Waals surface area contributed by atoms with E-state index in [1.807, 2.05) is 13.1 Å². The minimum Gasteiger partial charge on any atom is -0.496 e. The van der Waals surface area contributed by atoms with Gasteiger partial charge in [-0.25, -0.2) is 0 Å². The molecule has 94 valence electrons. The maximum Gasteiger partial charge on any atom is 0.123 e. The summed E-state index contributed by atoms with van der Waals surface area (Å²) in [6.45, 7) is 2.94. The zero-order valence-electron chi connectivity index (χ0n) is 11.2. The van der Waals surface area contributed by atoms with Crippen molar-refractivity contribution in [3.63, 3.8) is 0 Å². The van der Waals surface area contributed by atoms with Gasteiger partial charge in [-0.15, -0.1) is 0 Å². The Balaban J connectivity index is 2.47. The summed E-state index contributed by atoms with van der Waals surface area (Å²) < 4.78 is 5.38. The average molecular weight is 241 g/mol. The van der Waals surface area contributed by atoms with Gasteiger partial charge in [-0.1, -0.05) is 30.3 Å². The van der Waals surface area contributed by atoms with Crippen molar-refractivity contribution in [2.24, 2.45) is 0 Å². The van der Waals surface area contributed by atoms with Gasteiger partial charge in [-0.3, -0.25) is 0 Å². The molecule has 2 aromatic carbocycles. The summed E-state index contributed by atoms with van der Waals surface area (Å²) in [4.78, 5) is 0. The molecule has 0 bridgehead atoms. The third-order valence-corrected chi connectivity index (χ3v) is 3.10. The Morgan fingerprint density at radius 2 is 1.89 bits per heavy atom. The molecule has 2 rings (SSSR count). The number of hydrogen-bond donors (Lipinski definition) is 1. The van der Waals surface area contributed by atoms with E-state index < -0.39 is 0 Å². The Morgan fingerprint density at radius 3 is 2.56 bits per heavy atom. The van der Waals surface area contributed by atoms with Crippen LogP contribution < -0.4 is 10.1 Å². The highest BCUT2D eigenvalue weighted by molar-refractivity contribution is 5.68. The monoisotopic (exact) mass is 241 g/mol. The molecule has 0 aromatic heterocycles. The molecule has 0 saturated heterocycles. The number of aryl methyl sites for hydroxylation is 1. The van der Waals surface area contributed by atoms with Crippen molar-refractivity contribution in [1.29, 1.82) is 0 Å². The molecule has 0 amide bonds. The summed E-state index contributed by atoms with van der Waals surface area (Å²) in [6.07, 6.45) is 0. The fraction of sp³-hybridized carbons (Fsp3) is 0.250. The number of nitrogens with one attached hydrogen (secondary N) is 1. The van der Waals surface area contributed by atoms with Gasteiger partial charge >= 0.3 is 0 Å². The van der Waals surface area contributed by atoms with E-state index in [0.717, 1.165) is 12.3 Å². The second-order valence-corrected chi connectivity index (χ2v) is 4.37. The molecule has 0 unspecified atom stereocenters. The van der Waals surface area contributed by atoms with Crippen LogP contribution in [0, 0.1) is 6.92 Å². The number of methoxy groups -OCH3 is 1. The van der Waals surface area contributed by atoms with Gasteiger partial charge in [0.2, 0.25) is 0 Å². The van der Waals surface area contributed by atoms with Crippen molar-refractivity contribution in [2.75, 3.05) is 14.2 Å². The molecule has 0 atom stereocenters. The fourth-order valence-corrected chi connectivity index (χ4v) is 2.17. The van der Waals surface area contributed by atoms with Gasteiger partial charge in [-0.05, 0) is 42.8 Å². The lowest BCUT2D eigenvalue weighted by Gasteiger charge is -2.12. The topological polar surface area (TPSA) is 21.3 Å². The van der Waals surface area contributed by atoms with Gasteiger partial charge in [0, 0.05) is 12.1 Å². The summed E-state index contributed by atoms with van der Waals surface area (Å²) in [6, 6.07) is 14.8. The van der Waals surface area contributed by atoms with Gasteiger partial charge in [0.15, 0.2) is 0 Å². The first-order valence-electron chi connectivity index (χ1n) is 6.13. The van der Waals surface area contributed by atoms with Crippen LogP contribution >= 0.6 is 0 Å². The van der Waals surface area contributed by atoms with Gasteiger partial charge in [0.25, 0.3) is 0 Å². The average Bonchev–Trinajstić information content (AvgIpc) is 2.40. The van der Waals surface area contributed by atoms with E-state index in [-0.39, 0.29) is 0 Å². The minimum atomic E-state index is 0.808. The molecule has 1 N–H and O–H groups in total. The first-order chi connectivity index (χ1) is 8.76. The predicted molar refractivity (Wildman–Crippen MR) is 75.9 cm³/mol. The maximum absolute atomic E-state index is 5.38. The molecule has 0 heterocycles. The molecule has 0 radical (unpaired) electrons. The van der Waals surface area contributed by atoms with E-state index in [1.54, 1.807) is 7.11 Å². The molecule has 2 heteroatoms. The van der Waals surface area contributed by atoms with E-state index >= 15 is 0 Å². The summed E-state index contributed by atoms with van der Waals surface area (Å²) in [5.74, 6) is 0.932. The molecule has 2 nitrogen and oxygen atoms in total. The van der Waals surface area contributed by atoms with Gasteiger partial charge in [0.1, 0.15) is 5.75 Å². The van der Waals surface area contributed by atoms with Crippen LogP contribution in [0.15, 0.2) is 42.5 Å². The quantitative estimate of drug-likeness (QED) is 0.886. The lowest BCUT2D eigenvalue weighted by Crippen LogP contribution is -2.06. The molecule has 0 spiro atoms. The largest absolute Gasteiger partial charge is 0.496 e. The SMILES string of the molecule is CNCc1cc(-c2ccccc2C)ccc1OC. The highest BCUT2D eigenvalue weighted by Gasteiger charge is 2.06. The van der Waals surface area contributed by atoms with Gasteiger partial charge in [0.05, 0.1) is 7.11 Å². The molecule has 0 fully saturated rings. The van der Waals surface area contributed by atoms with Crippen LogP contribution in [-0.4, -0.2) is 14.2 Å². The first kappa shape index (κ1) is 12.7. The highest BCUT2D eigenvalue weighted by Crippen LogP contribution is 2.28. The zero-order valence-corrected chi connectivity index (χ0v) is 11.2. The molecular weight excluding hydrogens is 222 g/mol. The number of benzene rings is 2. The lowest BCUT2D eigenvalue weighted by molar-refractivity contribution is 0.408. The molecule has 0 aliphatic carbocycles. The van der Waals surface area contributed by atoms with E-state index in [2.05, 4.69) is 48.6 Å². The van der Waals surface area contributed by atoms with Crippen LogP contribution in [0.4, 0.5) is 0 Å². The van der Waals surface area contributed by atoms with Crippen LogP contribution in [-0.2, 0) is 6.54 Å². The molecule has 0 aliphatic rings. The van der Waals surface area contributed by atoms with Crippen molar-refractivity contribution in [3.05, 3.63) is 53.6 Å². The van der Waals surface area contributed by atoms with Gasteiger partial charge < -0.3 is 10.1 Å². The second kappa shape index (κ2) is 5.69.